The third-order valence-corrected chi connectivity index (χ3v) is 2.52. The van der Waals surface area contributed by atoms with Crippen LogP contribution in [0.1, 0.15) is 18.4 Å². The SMILES string of the molecule is NC(=NO)c1cc(NC(=O)NC2CC2)ccc1F. The molecule has 0 aromatic heterocycles. The Balaban J connectivity index is 2.10. The van der Waals surface area contributed by atoms with Gasteiger partial charge in [-0.2, -0.15) is 0 Å². The summed E-state index contributed by atoms with van der Waals surface area (Å²) in [6.45, 7) is 0. The first kappa shape index (κ1) is 12.2. The number of amidine groups is 1. The van der Waals surface area contributed by atoms with E-state index in [9.17, 15) is 9.18 Å². The lowest BCUT2D eigenvalue weighted by Gasteiger charge is -2.08. The van der Waals surface area contributed by atoms with Crippen LogP contribution >= 0.6 is 0 Å². The van der Waals surface area contributed by atoms with Crippen molar-refractivity contribution in [3.8, 4) is 0 Å². The van der Waals surface area contributed by atoms with Crippen molar-refractivity contribution in [2.75, 3.05) is 5.32 Å². The number of hydrogen-bond acceptors (Lipinski definition) is 3. The Morgan fingerprint density at radius 3 is 2.83 bits per heavy atom. The standard InChI is InChI=1S/C11H13FN4O2/c12-9-4-3-7(5-8(9)10(13)16-18)15-11(17)14-6-1-2-6/h3-6,18H,1-2H2,(H2,13,16)(H2,14,15,17). The third kappa shape index (κ3) is 2.88. The number of anilines is 1. The van der Waals surface area contributed by atoms with E-state index in [1.807, 2.05) is 0 Å². The van der Waals surface area contributed by atoms with Gasteiger partial charge >= 0.3 is 6.03 Å². The number of benzene rings is 1. The van der Waals surface area contributed by atoms with E-state index in [2.05, 4.69) is 15.8 Å². The summed E-state index contributed by atoms with van der Waals surface area (Å²) in [6.07, 6.45) is 1.96. The van der Waals surface area contributed by atoms with E-state index < -0.39 is 5.82 Å². The maximum Gasteiger partial charge on any atom is 0.319 e. The Hall–Kier alpha value is -2.31. The Morgan fingerprint density at radius 2 is 2.22 bits per heavy atom. The molecule has 18 heavy (non-hydrogen) atoms. The molecule has 0 radical (unpaired) electrons. The first-order valence-electron chi connectivity index (χ1n) is 5.45. The first-order chi connectivity index (χ1) is 8.60. The van der Waals surface area contributed by atoms with E-state index in [-0.39, 0.29) is 23.5 Å². The predicted octanol–water partition coefficient (Wildman–Crippen LogP) is 1.20. The highest BCUT2D eigenvalue weighted by Crippen LogP contribution is 2.19. The summed E-state index contributed by atoms with van der Waals surface area (Å²) in [6, 6.07) is 3.72. The molecule has 1 aromatic rings. The molecule has 0 aliphatic heterocycles. The van der Waals surface area contributed by atoms with Gasteiger partial charge in [0.05, 0.1) is 5.56 Å². The molecule has 0 unspecified atom stereocenters. The summed E-state index contributed by atoms with van der Waals surface area (Å²) in [5, 5.41) is 16.5. The smallest absolute Gasteiger partial charge is 0.319 e. The van der Waals surface area contributed by atoms with Crippen LogP contribution < -0.4 is 16.4 Å². The van der Waals surface area contributed by atoms with Crippen molar-refractivity contribution in [3.05, 3.63) is 29.6 Å². The molecular formula is C11H13FN4O2. The lowest BCUT2D eigenvalue weighted by molar-refractivity contribution is 0.251. The lowest BCUT2D eigenvalue weighted by Crippen LogP contribution is -2.30. The van der Waals surface area contributed by atoms with E-state index in [1.54, 1.807) is 0 Å². The Bertz CT molecular complexity index is 500. The summed E-state index contributed by atoms with van der Waals surface area (Å²) in [5.74, 6) is -0.975. The molecule has 1 fully saturated rings. The quantitative estimate of drug-likeness (QED) is 0.281. The molecule has 96 valence electrons. The molecule has 7 heteroatoms. The van der Waals surface area contributed by atoms with Crippen molar-refractivity contribution < 1.29 is 14.4 Å². The zero-order valence-corrected chi connectivity index (χ0v) is 9.48. The number of oxime groups is 1. The molecule has 2 amide bonds. The van der Waals surface area contributed by atoms with Gasteiger partial charge in [0, 0.05) is 11.7 Å². The summed E-state index contributed by atoms with van der Waals surface area (Å²) >= 11 is 0. The fraction of sp³-hybridized carbons (Fsp3) is 0.273. The van der Waals surface area contributed by atoms with Crippen molar-refractivity contribution in [2.24, 2.45) is 10.9 Å². The number of nitrogens with two attached hydrogens (primary N) is 1. The Labute approximate surface area is 103 Å². The topological polar surface area (TPSA) is 99.7 Å². The lowest BCUT2D eigenvalue weighted by atomic mass is 10.1. The summed E-state index contributed by atoms with van der Waals surface area (Å²) in [4.78, 5) is 11.5. The summed E-state index contributed by atoms with van der Waals surface area (Å²) < 4.78 is 13.4. The Morgan fingerprint density at radius 1 is 1.50 bits per heavy atom. The Kier molecular flexibility index (Phi) is 3.31. The maximum absolute atomic E-state index is 13.4. The number of nitrogens with one attached hydrogen (secondary N) is 2. The highest BCUT2D eigenvalue weighted by atomic mass is 19.1. The van der Waals surface area contributed by atoms with Crippen LogP contribution in [0.5, 0.6) is 0 Å². The molecule has 1 aromatic carbocycles. The number of halogens is 1. The predicted molar refractivity (Wildman–Crippen MR) is 64.1 cm³/mol. The van der Waals surface area contributed by atoms with Crippen molar-refractivity contribution in [1.82, 2.24) is 5.32 Å². The van der Waals surface area contributed by atoms with Gasteiger partial charge in [0.2, 0.25) is 0 Å². The molecule has 0 atom stereocenters. The molecule has 0 spiro atoms. The highest BCUT2D eigenvalue weighted by molar-refractivity contribution is 5.99. The van der Waals surface area contributed by atoms with Gasteiger partial charge in [-0.15, -0.1) is 0 Å². The van der Waals surface area contributed by atoms with Crippen LogP contribution in [0.15, 0.2) is 23.4 Å². The zero-order chi connectivity index (χ0) is 13.1. The van der Waals surface area contributed by atoms with Crippen LogP contribution in [0.2, 0.25) is 0 Å². The van der Waals surface area contributed by atoms with E-state index in [1.165, 1.54) is 12.1 Å². The van der Waals surface area contributed by atoms with Crippen LogP contribution in [0.4, 0.5) is 14.9 Å². The number of carbonyl (C=O) groups is 1. The average Bonchev–Trinajstić information content (AvgIpc) is 3.14. The van der Waals surface area contributed by atoms with E-state index in [4.69, 9.17) is 10.9 Å². The molecule has 1 saturated carbocycles. The van der Waals surface area contributed by atoms with E-state index in [0.29, 0.717) is 5.69 Å². The molecule has 0 bridgehead atoms. The van der Waals surface area contributed by atoms with Crippen molar-refractivity contribution in [3.63, 3.8) is 0 Å². The van der Waals surface area contributed by atoms with E-state index >= 15 is 0 Å². The van der Waals surface area contributed by atoms with Crippen molar-refractivity contribution in [2.45, 2.75) is 18.9 Å². The van der Waals surface area contributed by atoms with Gasteiger partial charge in [-0.3, -0.25) is 0 Å². The van der Waals surface area contributed by atoms with Gasteiger partial charge in [0.1, 0.15) is 5.82 Å². The molecule has 0 saturated heterocycles. The van der Waals surface area contributed by atoms with Gasteiger partial charge in [0.15, 0.2) is 5.84 Å². The fourth-order valence-electron chi connectivity index (χ4n) is 1.43. The normalized spacial score (nSPS) is 15.3. The van der Waals surface area contributed by atoms with Gasteiger partial charge in [-0.05, 0) is 31.0 Å². The van der Waals surface area contributed by atoms with Gasteiger partial charge < -0.3 is 21.6 Å². The minimum absolute atomic E-state index is 0.0679. The largest absolute Gasteiger partial charge is 0.409 e. The van der Waals surface area contributed by atoms with Crippen LogP contribution in [-0.4, -0.2) is 23.1 Å². The molecule has 5 N–H and O–H groups in total. The van der Waals surface area contributed by atoms with Gasteiger partial charge in [-0.25, -0.2) is 9.18 Å². The number of hydrogen-bond donors (Lipinski definition) is 4. The van der Waals surface area contributed by atoms with Crippen LogP contribution in [0.3, 0.4) is 0 Å². The molecular weight excluding hydrogens is 239 g/mol. The highest BCUT2D eigenvalue weighted by Gasteiger charge is 2.23. The monoisotopic (exact) mass is 252 g/mol. The number of urea groups is 1. The molecule has 0 heterocycles. The molecule has 1 aliphatic carbocycles. The minimum atomic E-state index is -0.626. The fourth-order valence-corrected chi connectivity index (χ4v) is 1.43. The van der Waals surface area contributed by atoms with Crippen LogP contribution in [0.25, 0.3) is 0 Å². The third-order valence-electron chi connectivity index (χ3n) is 2.52. The average molecular weight is 252 g/mol. The van der Waals surface area contributed by atoms with Gasteiger partial charge in [-0.1, -0.05) is 5.16 Å². The molecule has 2 rings (SSSR count). The minimum Gasteiger partial charge on any atom is -0.409 e. The van der Waals surface area contributed by atoms with Gasteiger partial charge in [0.25, 0.3) is 0 Å². The van der Waals surface area contributed by atoms with Crippen molar-refractivity contribution in [1.29, 1.82) is 0 Å². The second kappa shape index (κ2) is 4.91. The van der Waals surface area contributed by atoms with E-state index in [0.717, 1.165) is 18.9 Å². The maximum atomic E-state index is 13.4. The number of amides is 2. The summed E-state index contributed by atoms with van der Waals surface area (Å²) in [7, 11) is 0. The second-order valence-corrected chi connectivity index (χ2v) is 4.05. The van der Waals surface area contributed by atoms with Crippen molar-refractivity contribution >= 4 is 17.6 Å². The summed E-state index contributed by atoms with van der Waals surface area (Å²) in [5.41, 5.74) is 5.62. The number of carbonyl (C=O) groups excluding carboxylic acids is 1. The number of rotatable bonds is 3. The zero-order valence-electron chi connectivity index (χ0n) is 9.48. The second-order valence-electron chi connectivity index (χ2n) is 4.05. The number of nitrogens with zero attached hydrogens (tertiary/aromatic N) is 1. The van der Waals surface area contributed by atoms with Crippen LogP contribution in [-0.2, 0) is 0 Å². The molecule has 1 aliphatic rings. The first-order valence-corrected chi connectivity index (χ1v) is 5.45. The molecule has 6 nitrogen and oxygen atoms in total. The van der Waals surface area contributed by atoms with Crippen LogP contribution in [0, 0.1) is 5.82 Å².